The van der Waals surface area contributed by atoms with E-state index in [1.807, 2.05) is 31.7 Å². The van der Waals surface area contributed by atoms with Gasteiger partial charge in [-0.1, -0.05) is 183 Å². The standard InChI is InChI=1S/C34H59NS.C11H18.C2H6/c1-14-29-31(34(29,12)13)28(22(2)3)21-25(7)32(33(9,10)11)35-26(8)36-30(23(4)5)20-16-24(6)15-17-27-18-19-27;1-4-9(2)10(3)8-11-6-5-7-11;1-2/h23,27-32,35H,2,6-8,14-21H2,1,3-5,9-13H3;4,10-11H,1-2,5-8H2,3H3;1-2H3. The summed E-state index contributed by atoms with van der Waals surface area (Å²) in [6, 6.07) is 0.197. The predicted octanol–water partition coefficient (Wildman–Crippen LogP) is 15.1. The third-order valence-electron chi connectivity index (χ3n) is 11.9. The normalized spacial score (nSPS) is 22.1. The maximum Gasteiger partial charge on any atom is 0.0615 e. The molecule has 0 aromatic heterocycles. The van der Waals surface area contributed by atoms with Crippen LogP contribution in [-0.4, -0.2) is 11.3 Å². The van der Waals surface area contributed by atoms with Crippen LogP contribution in [0.15, 0.2) is 72.9 Å². The van der Waals surface area contributed by atoms with E-state index in [4.69, 9.17) is 0 Å². The fourth-order valence-corrected chi connectivity index (χ4v) is 9.14. The van der Waals surface area contributed by atoms with Crippen molar-refractivity contribution in [3.8, 4) is 0 Å². The van der Waals surface area contributed by atoms with Crippen LogP contribution in [0.2, 0.25) is 0 Å². The molecule has 1 nitrogen and oxygen atoms in total. The largest absolute Gasteiger partial charge is 0.373 e. The lowest BCUT2D eigenvalue weighted by Gasteiger charge is -2.37. The van der Waals surface area contributed by atoms with Crippen molar-refractivity contribution in [3.05, 3.63) is 72.9 Å². The maximum absolute atomic E-state index is 4.65. The Morgan fingerprint density at radius 2 is 1.53 bits per heavy atom. The molecule has 0 spiro atoms. The van der Waals surface area contributed by atoms with Gasteiger partial charge in [-0.05, 0) is 97.7 Å². The van der Waals surface area contributed by atoms with Gasteiger partial charge in [0.25, 0.3) is 0 Å². The third-order valence-corrected chi connectivity index (χ3v) is 13.4. The van der Waals surface area contributed by atoms with Gasteiger partial charge in [0.2, 0.25) is 0 Å². The second-order valence-corrected chi connectivity index (χ2v) is 19.3. The van der Waals surface area contributed by atoms with E-state index in [0.717, 1.165) is 35.6 Å². The predicted molar refractivity (Wildman–Crippen MR) is 227 cm³/mol. The minimum atomic E-state index is 0.0634. The Labute approximate surface area is 312 Å². The summed E-state index contributed by atoms with van der Waals surface area (Å²) in [6.45, 7) is 53.0. The van der Waals surface area contributed by atoms with Crippen molar-refractivity contribution < 1.29 is 0 Å². The second kappa shape index (κ2) is 21.2. The van der Waals surface area contributed by atoms with Gasteiger partial charge >= 0.3 is 0 Å². The average Bonchev–Trinajstić information content (AvgIpc) is 3.93. The van der Waals surface area contributed by atoms with Crippen LogP contribution in [0.5, 0.6) is 0 Å². The second-order valence-electron chi connectivity index (χ2n) is 17.9. The van der Waals surface area contributed by atoms with Crippen LogP contribution in [-0.2, 0) is 0 Å². The summed E-state index contributed by atoms with van der Waals surface area (Å²) in [6.07, 6.45) is 17.6. The van der Waals surface area contributed by atoms with Crippen molar-refractivity contribution >= 4 is 11.8 Å². The van der Waals surface area contributed by atoms with E-state index in [2.05, 4.69) is 114 Å². The van der Waals surface area contributed by atoms with Gasteiger partial charge in [0, 0.05) is 5.25 Å². The highest BCUT2D eigenvalue weighted by atomic mass is 32.2. The van der Waals surface area contributed by atoms with Gasteiger partial charge in [-0.3, -0.25) is 0 Å². The quantitative estimate of drug-likeness (QED) is 0.0948. The van der Waals surface area contributed by atoms with Gasteiger partial charge in [-0.2, -0.15) is 0 Å². The molecule has 6 atom stereocenters. The van der Waals surface area contributed by atoms with Crippen molar-refractivity contribution in [2.24, 2.45) is 52.3 Å². The van der Waals surface area contributed by atoms with Gasteiger partial charge < -0.3 is 5.32 Å². The summed E-state index contributed by atoms with van der Waals surface area (Å²) >= 11 is 1.94. The van der Waals surface area contributed by atoms with Crippen molar-refractivity contribution in [1.82, 2.24) is 5.32 Å². The molecular weight excluding hydrogens is 611 g/mol. The van der Waals surface area contributed by atoms with Crippen molar-refractivity contribution in [2.75, 3.05) is 0 Å². The lowest BCUT2D eigenvalue weighted by atomic mass is 9.77. The van der Waals surface area contributed by atoms with E-state index in [0.29, 0.717) is 34.3 Å². The Balaban J connectivity index is 0.000000773. The summed E-state index contributed by atoms with van der Waals surface area (Å²) < 4.78 is 0. The molecule has 3 rings (SSSR count). The van der Waals surface area contributed by atoms with Crippen molar-refractivity contribution in [3.63, 3.8) is 0 Å². The molecule has 3 saturated carbocycles. The first-order valence-corrected chi connectivity index (χ1v) is 21.1. The summed E-state index contributed by atoms with van der Waals surface area (Å²) in [5, 5.41) is 5.48. The first-order chi connectivity index (χ1) is 22.8. The van der Waals surface area contributed by atoms with Crippen LogP contribution in [0.1, 0.15) is 160 Å². The SMILES string of the molecule is C=C(CCC1CC1)CCC(SC(=C)NC(C(=C)CC(C(=C)C)C1C(CC)C1(C)C)C(C)(C)C)C(C)C.C=CC(=C)C(C)CC1CCC1.CC. The summed E-state index contributed by atoms with van der Waals surface area (Å²) in [5.74, 6) is 5.26. The van der Waals surface area contributed by atoms with E-state index in [9.17, 15) is 0 Å². The molecule has 0 aliphatic heterocycles. The molecule has 0 radical (unpaired) electrons. The van der Waals surface area contributed by atoms with Crippen LogP contribution in [0, 0.1) is 52.3 Å². The van der Waals surface area contributed by atoms with Crippen molar-refractivity contribution in [2.45, 2.75) is 171 Å². The van der Waals surface area contributed by atoms with Gasteiger partial charge in [0.05, 0.1) is 11.1 Å². The van der Waals surface area contributed by atoms with E-state index in [1.165, 1.54) is 86.5 Å². The number of allylic oxidation sites excluding steroid dienone is 4. The first-order valence-electron chi connectivity index (χ1n) is 20.3. The molecular formula is C47H83NS. The average molecular weight is 694 g/mol. The third kappa shape index (κ3) is 15.4. The Morgan fingerprint density at radius 3 is 1.94 bits per heavy atom. The molecule has 0 aromatic carbocycles. The summed E-state index contributed by atoms with van der Waals surface area (Å²) in [4.78, 5) is 0. The number of rotatable bonds is 21. The van der Waals surface area contributed by atoms with Crippen LogP contribution < -0.4 is 5.32 Å². The maximum atomic E-state index is 4.65. The van der Waals surface area contributed by atoms with Crippen LogP contribution >= 0.6 is 11.8 Å². The molecule has 0 heterocycles. The molecule has 2 heteroatoms. The van der Waals surface area contributed by atoms with Gasteiger partial charge in [-0.15, -0.1) is 11.8 Å². The van der Waals surface area contributed by atoms with Crippen LogP contribution in [0.3, 0.4) is 0 Å². The van der Waals surface area contributed by atoms with E-state index >= 15 is 0 Å². The Morgan fingerprint density at radius 1 is 0.939 bits per heavy atom. The summed E-state index contributed by atoms with van der Waals surface area (Å²) in [5.41, 5.74) is 5.73. The highest BCUT2D eigenvalue weighted by Gasteiger charge is 2.59. The zero-order chi connectivity index (χ0) is 37.7. The van der Waals surface area contributed by atoms with Crippen molar-refractivity contribution in [1.29, 1.82) is 0 Å². The Kier molecular flexibility index (Phi) is 19.7. The molecule has 49 heavy (non-hydrogen) atoms. The Bertz CT molecular complexity index is 1070. The lowest BCUT2D eigenvalue weighted by molar-refractivity contribution is 0.271. The van der Waals surface area contributed by atoms with Crippen LogP contribution in [0.4, 0.5) is 0 Å². The molecule has 3 aliphatic carbocycles. The molecule has 0 aromatic rings. The fraction of sp³-hybridized carbons (Fsp3) is 0.745. The highest BCUT2D eigenvalue weighted by molar-refractivity contribution is 8.03. The van der Waals surface area contributed by atoms with Crippen LogP contribution in [0.25, 0.3) is 0 Å². The zero-order valence-electron chi connectivity index (χ0n) is 34.9. The first kappa shape index (κ1) is 45.6. The molecule has 0 bridgehead atoms. The number of thioether (sulfide) groups is 1. The number of hydrogen-bond acceptors (Lipinski definition) is 2. The molecule has 0 saturated heterocycles. The fourth-order valence-electron chi connectivity index (χ4n) is 8.08. The van der Waals surface area contributed by atoms with Gasteiger partial charge in [0.1, 0.15) is 0 Å². The molecule has 3 aliphatic rings. The number of nitrogens with one attached hydrogen (secondary N) is 1. The van der Waals surface area contributed by atoms with Gasteiger partial charge in [-0.25, -0.2) is 0 Å². The number of hydrogen-bond donors (Lipinski definition) is 1. The van der Waals surface area contributed by atoms with E-state index < -0.39 is 0 Å². The lowest BCUT2D eigenvalue weighted by Crippen LogP contribution is -2.41. The van der Waals surface area contributed by atoms with E-state index in [1.54, 1.807) is 0 Å². The molecule has 0 amide bonds. The molecule has 3 fully saturated rings. The topological polar surface area (TPSA) is 12.0 Å². The molecule has 1 N–H and O–H groups in total. The van der Waals surface area contributed by atoms with E-state index in [-0.39, 0.29) is 11.5 Å². The highest BCUT2D eigenvalue weighted by Crippen LogP contribution is 2.65. The summed E-state index contributed by atoms with van der Waals surface area (Å²) in [7, 11) is 0. The Hall–Kier alpha value is -1.41. The molecule has 282 valence electrons. The minimum absolute atomic E-state index is 0.0634. The molecule has 6 unspecified atom stereocenters. The monoisotopic (exact) mass is 694 g/mol. The van der Waals surface area contributed by atoms with Gasteiger partial charge in [0.15, 0.2) is 0 Å². The minimum Gasteiger partial charge on any atom is -0.373 e. The smallest absolute Gasteiger partial charge is 0.0615 e. The zero-order valence-corrected chi connectivity index (χ0v) is 35.7.